The first-order valence-electron chi connectivity index (χ1n) is 10.2. The van der Waals surface area contributed by atoms with Crippen molar-refractivity contribution in [2.45, 2.75) is 25.6 Å². The Labute approximate surface area is 197 Å². The third-order valence-corrected chi connectivity index (χ3v) is 6.17. The van der Waals surface area contributed by atoms with Gasteiger partial charge in [-0.25, -0.2) is 0 Å². The molecular formula is C22H24ClN3O6S. The van der Waals surface area contributed by atoms with Crippen molar-refractivity contribution in [1.82, 2.24) is 14.8 Å². The van der Waals surface area contributed by atoms with Gasteiger partial charge in [0, 0.05) is 22.6 Å². The molecule has 1 aliphatic rings. The summed E-state index contributed by atoms with van der Waals surface area (Å²) in [6.07, 6.45) is -0.00134. The van der Waals surface area contributed by atoms with Crippen LogP contribution in [0.2, 0.25) is 5.02 Å². The lowest BCUT2D eigenvalue weighted by Crippen LogP contribution is -2.15. The normalized spacial score (nSPS) is 17.7. The lowest BCUT2D eigenvalue weighted by molar-refractivity contribution is -0.00768. The highest BCUT2D eigenvalue weighted by Crippen LogP contribution is 2.46. The summed E-state index contributed by atoms with van der Waals surface area (Å²) in [6.45, 7) is 1.76. The maximum atomic E-state index is 11.5. The second-order valence-corrected chi connectivity index (χ2v) is 9.63. The van der Waals surface area contributed by atoms with E-state index < -0.39 is 22.3 Å². The largest absolute Gasteiger partial charge is 0.493 e. The quantitative estimate of drug-likeness (QED) is 0.458. The van der Waals surface area contributed by atoms with Crippen LogP contribution in [-0.4, -0.2) is 50.3 Å². The molecule has 11 heteroatoms. The minimum Gasteiger partial charge on any atom is -0.493 e. The number of aryl methyl sites for hydroxylation is 1. The van der Waals surface area contributed by atoms with Gasteiger partial charge in [-0.3, -0.25) is 8.75 Å². The number of fused-ring (bicyclic) bond motifs is 3. The van der Waals surface area contributed by atoms with Crippen molar-refractivity contribution < 1.29 is 26.8 Å². The first-order chi connectivity index (χ1) is 15.7. The number of hydrogen-bond acceptors (Lipinski definition) is 8. The Morgan fingerprint density at radius 2 is 1.91 bits per heavy atom. The molecule has 3 aromatic rings. The summed E-state index contributed by atoms with van der Waals surface area (Å²) in [6, 6.07) is 11.0. The zero-order valence-electron chi connectivity index (χ0n) is 18.6. The smallest absolute Gasteiger partial charge is 0.264 e. The number of hydrogen-bond donors (Lipinski definition) is 0. The van der Waals surface area contributed by atoms with Gasteiger partial charge in [0.1, 0.15) is 18.0 Å². The van der Waals surface area contributed by atoms with Crippen molar-refractivity contribution in [3.05, 3.63) is 64.2 Å². The van der Waals surface area contributed by atoms with Crippen molar-refractivity contribution in [2.24, 2.45) is 0 Å². The van der Waals surface area contributed by atoms with Crippen LogP contribution >= 0.6 is 11.6 Å². The van der Waals surface area contributed by atoms with Gasteiger partial charge in [0.25, 0.3) is 10.1 Å². The first-order valence-corrected chi connectivity index (χ1v) is 12.4. The number of halogens is 1. The number of ether oxygens (including phenoxy) is 3. The summed E-state index contributed by atoms with van der Waals surface area (Å²) in [7, 11) is -0.474. The number of nitrogens with zero attached hydrogens (tertiary/aromatic N) is 3. The highest BCUT2D eigenvalue weighted by Gasteiger charge is 2.35. The van der Waals surface area contributed by atoms with E-state index >= 15 is 0 Å². The number of methoxy groups -OCH3 is 2. The molecule has 2 atom stereocenters. The third-order valence-electron chi connectivity index (χ3n) is 5.34. The van der Waals surface area contributed by atoms with Crippen molar-refractivity contribution in [2.75, 3.05) is 27.1 Å². The van der Waals surface area contributed by atoms with Gasteiger partial charge in [-0.1, -0.05) is 23.7 Å². The number of rotatable bonds is 7. The van der Waals surface area contributed by atoms with E-state index in [-0.39, 0.29) is 13.0 Å². The fraction of sp³-hybridized carbons (Fsp3) is 0.364. The minimum absolute atomic E-state index is 0.0749. The van der Waals surface area contributed by atoms with Crippen LogP contribution in [0.4, 0.5) is 0 Å². The Kier molecular flexibility index (Phi) is 6.62. The van der Waals surface area contributed by atoms with Gasteiger partial charge >= 0.3 is 0 Å². The van der Waals surface area contributed by atoms with Gasteiger partial charge in [0.15, 0.2) is 17.3 Å². The number of benzene rings is 2. The topological polar surface area (TPSA) is 102 Å². The van der Waals surface area contributed by atoms with Gasteiger partial charge in [0.2, 0.25) is 0 Å². The molecule has 1 aliphatic heterocycles. The zero-order chi connectivity index (χ0) is 23.8. The molecule has 0 N–H and O–H groups in total. The molecule has 0 bridgehead atoms. The molecular weight excluding hydrogens is 470 g/mol. The van der Waals surface area contributed by atoms with Crippen LogP contribution in [0.25, 0.3) is 5.69 Å². The van der Waals surface area contributed by atoms with Crippen LogP contribution in [0.1, 0.15) is 41.4 Å². The third kappa shape index (κ3) is 4.70. The molecule has 0 radical (unpaired) electrons. The lowest BCUT2D eigenvalue weighted by Gasteiger charge is -2.25. The molecule has 2 aromatic carbocycles. The molecule has 9 nitrogen and oxygen atoms in total. The predicted molar refractivity (Wildman–Crippen MR) is 122 cm³/mol. The number of para-hydroxylation sites is 1. The lowest BCUT2D eigenvalue weighted by atomic mass is 9.98. The second-order valence-electron chi connectivity index (χ2n) is 7.55. The average Bonchev–Trinajstić information content (AvgIpc) is 3.09. The molecule has 0 amide bonds. The molecule has 1 aromatic heterocycles. The van der Waals surface area contributed by atoms with E-state index in [0.29, 0.717) is 28.2 Å². The molecule has 0 fully saturated rings. The van der Waals surface area contributed by atoms with Crippen molar-refractivity contribution in [1.29, 1.82) is 0 Å². The van der Waals surface area contributed by atoms with Crippen LogP contribution in [-0.2, 0) is 19.0 Å². The van der Waals surface area contributed by atoms with E-state index in [1.54, 1.807) is 26.4 Å². The average molecular weight is 494 g/mol. The molecule has 0 aliphatic carbocycles. The monoisotopic (exact) mass is 493 g/mol. The second kappa shape index (κ2) is 9.30. The zero-order valence-corrected chi connectivity index (χ0v) is 20.2. The maximum Gasteiger partial charge on any atom is 0.264 e. The maximum absolute atomic E-state index is 11.5. The summed E-state index contributed by atoms with van der Waals surface area (Å²) in [5, 5.41) is 9.09. The van der Waals surface area contributed by atoms with Crippen molar-refractivity contribution in [3.63, 3.8) is 0 Å². The van der Waals surface area contributed by atoms with Crippen LogP contribution in [0.15, 0.2) is 36.4 Å². The summed E-state index contributed by atoms with van der Waals surface area (Å²) in [4.78, 5) is 0. The Hall–Kier alpha value is -2.66. The Morgan fingerprint density at radius 1 is 1.12 bits per heavy atom. The van der Waals surface area contributed by atoms with Crippen LogP contribution in [0.5, 0.6) is 11.5 Å². The predicted octanol–water partition coefficient (Wildman–Crippen LogP) is 3.77. The molecule has 0 spiro atoms. The van der Waals surface area contributed by atoms with E-state index in [0.717, 1.165) is 23.1 Å². The standard InChI is InChI=1S/C22H24ClN3O6S/c1-13-24-25-22-19(10-11-31-33(4,27)28)32-20(15-6-5-7-18(29-2)21(15)30-3)16-12-14(23)8-9-17(16)26(13)22/h5-9,12,19-20H,10-11H2,1-4H3/t19-,20-/m0/s1. The number of aromatic nitrogens is 3. The minimum atomic E-state index is -3.60. The molecule has 0 saturated carbocycles. The highest BCUT2D eigenvalue weighted by atomic mass is 35.5. The summed E-state index contributed by atoms with van der Waals surface area (Å²) < 4.78 is 47.6. The first kappa shape index (κ1) is 23.5. The Bertz CT molecular complexity index is 1280. The molecule has 0 saturated heterocycles. The van der Waals surface area contributed by atoms with Crippen LogP contribution in [0.3, 0.4) is 0 Å². The molecule has 176 valence electrons. The van der Waals surface area contributed by atoms with Crippen molar-refractivity contribution >= 4 is 21.7 Å². The van der Waals surface area contributed by atoms with Gasteiger partial charge in [-0.15, -0.1) is 10.2 Å². The van der Waals surface area contributed by atoms with Crippen LogP contribution in [0, 0.1) is 6.92 Å². The molecule has 4 rings (SSSR count). The van der Waals surface area contributed by atoms with Gasteiger partial charge in [-0.2, -0.15) is 8.42 Å². The van der Waals surface area contributed by atoms with Gasteiger partial charge in [-0.05, 0) is 31.2 Å². The highest BCUT2D eigenvalue weighted by molar-refractivity contribution is 7.85. The van der Waals surface area contributed by atoms with E-state index in [1.165, 1.54) is 0 Å². The Morgan fingerprint density at radius 3 is 2.61 bits per heavy atom. The summed E-state index contributed by atoms with van der Waals surface area (Å²) in [5.41, 5.74) is 2.31. The summed E-state index contributed by atoms with van der Waals surface area (Å²) in [5.74, 6) is 2.28. The van der Waals surface area contributed by atoms with E-state index in [2.05, 4.69) is 10.2 Å². The van der Waals surface area contributed by atoms with E-state index in [9.17, 15) is 8.42 Å². The van der Waals surface area contributed by atoms with Crippen LogP contribution < -0.4 is 9.47 Å². The molecule has 2 heterocycles. The summed E-state index contributed by atoms with van der Waals surface area (Å²) >= 11 is 6.39. The molecule has 0 unspecified atom stereocenters. The van der Waals surface area contributed by atoms with E-state index in [1.807, 2.05) is 35.8 Å². The van der Waals surface area contributed by atoms with Gasteiger partial charge in [0.05, 0.1) is 32.8 Å². The SMILES string of the molecule is COc1cccc([C@@H]2O[C@@H](CCOS(C)(=O)=O)c3nnc(C)n3-c3ccc(Cl)cc32)c1OC. The Balaban J connectivity index is 1.88. The fourth-order valence-electron chi connectivity index (χ4n) is 3.99. The van der Waals surface area contributed by atoms with Gasteiger partial charge < -0.3 is 14.2 Å². The van der Waals surface area contributed by atoms with E-state index in [4.69, 9.17) is 30.0 Å². The fourth-order valence-corrected chi connectivity index (χ4v) is 4.56. The molecule has 33 heavy (non-hydrogen) atoms. The van der Waals surface area contributed by atoms with Crippen molar-refractivity contribution in [3.8, 4) is 17.2 Å².